The van der Waals surface area contributed by atoms with Gasteiger partial charge in [-0.1, -0.05) is 35.9 Å². The van der Waals surface area contributed by atoms with Crippen molar-refractivity contribution in [2.45, 2.75) is 13.1 Å². The van der Waals surface area contributed by atoms with E-state index in [1.54, 1.807) is 0 Å². The van der Waals surface area contributed by atoms with Gasteiger partial charge in [-0.15, -0.1) is 10.2 Å². The maximum Gasteiger partial charge on any atom is 0.339 e. The zero-order chi connectivity index (χ0) is 13.4. The molecule has 0 fully saturated rings. The van der Waals surface area contributed by atoms with Crippen LogP contribution >= 0.6 is 11.6 Å². The molecule has 0 amide bonds. The molecule has 6 heteroatoms. The number of aromatic nitrogens is 2. The fraction of sp³-hybridized carbons (Fsp3) is 0.154. The lowest BCUT2D eigenvalue weighted by Crippen LogP contribution is -2.20. The molecule has 0 radical (unpaired) electrons. The second kappa shape index (κ2) is 4.51. The fourth-order valence-corrected chi connectivity index (χ4v) is 2.38. The average Bonchev–Trinajstić information content (AvgIpc) is 2.82. The fourth-order valence-electron chi connectivity index (χ4n) is 2.24. The Hall–Kier alpha value is -2.14. The Morgan fingerprint density at radius 3 is 2.42 bits per heavy atom. The molecule has 0 aliphatic carbocycles. The van der Waals surface area contributed by atoms with Crippen molar-refractivity contribution in [1.29, 1.82) is 0 Å². The number of aromatic carboxylic acids is 1. The van der Waals surface area contributed by atoms with Gasteiger partial charge in [0.1, 0.15) is 5.56 Å². The van der Waals surface area contributed by atoms with E-state index in [0.717, 1.165) is 0 Å². The minimum absolute atomic E-state index is 0.0767. The van der Waals surface area contributed by atoms with Crippen LogP contribution in [0.3, 0.4) is 0 Å². The first-order valence-electron chi connectivity index (χ1n) is 5.73. The topological polar surface area (TPSA) is 66.3 Å². The third-order valence-corrected chi connectivity index (χ3v) is 3.30. The van der Waals surface area contributed by atoms with E-state index >= 15 is 0 Å². The van der Waals surface area contributed by atoms with Gasteiger partial charge in [-0.2, -0.15) is 0 Å². The number of rotatable bonds is 2. The highest BCUT2D eigenvalue weighted by Crippen LogP contribution is 2.29. The van der Waals surface area contributed by atoms with Crippen LogP contribution in [0.2, 0.25) is 5.15 Å². The number of fused-ring (bicyclic) bond motifs is 1. The molecule has 5 nitrogen and oxygen atoms in total. The monoisotopic (exact) mass is 275 g/mol. The van der Waals surface area contributed by atoms with Gasteiger partial charge in [-0.25, -0.2) is 4.79 Å². The average molecular weight is 276 g/mol. The Morgan fingerprint density at radius 1 is 1.21 bits per heavy atom. The largest absolute Gasteiger partial charge is 0.478 e. The quantitative estimate of drug-likeness (QED) is 0.911. The molecule has 2 heterocycles. The highest BCUT2D eigenvalue weighted by molar-refractivity contribution is 6.29. The van der Waals surface area contributed by atoms with Crippen LogP contribution in [0.5, 0.6) is 0 Å². The number of carbonyl (C=O) groups is 1. The van der Waals surface area contributed by atoms with Crippen LogP contribution in [-0.2, 0) is 13.1 Å². The van der Waals surface area contributed by atoms with Gasteiger partial charge in [-0.05, 0) is 17.2 Å². The van der Waals surface area contributed by atoms with Crippen LogP contribution in [-0.4, -0.2) is 21.3 Å². The van der Waals surface area contributed by atoms with Gasteiger partial charge in [-0.3, -0.25) is 0 Å². The molecule has 0 saturated heterocycles. The highest BCUT2D eigenvalue weighted by atomic mass is 35.5. The molecule has 2 aromatic rings. The number of anilines is 1. The summed E-state index contributed by atoms with van der Waals surface area (Å²) in [4.78, 5) is 13.1. The lowest BCUT2D eigenvalue weighted by atomic mass is 10.1. The number of carboxylic acid groups (broad SMARTS) is 1. The third kappa shape index (κ3) is 2.13. The van der Waals surface area contributed by atoms with E-state index in [1.807, 2.05) is 29.2 Å². The van der Waals surface area contributed by atoms with Gasteiger partial charge in [0, 0.05) is 13.1 Å². The van der Waals surface area contributed by atoms with Crippen molar-refractivity contribution in [1.82, 2.24) is 10.2 Å². The summed E-state index contributed by atoms with van der Waals surface area (Å²) in [5.41, 5.74) is 2.43. The predicted molar refractivity (Wildman–Crippen MR) is 70.3 cm³/mol. The van der Waals surface area contributed by atoms with Crippen LogP contribution in [0.15, 0.2) is 30.3 Å². The molecule has 1 aromatic carbocycles. The summed E-state index contributed by atoms with van der Waals surface area (Å²) in [5, 5.41) is 17.0. The Kier molecular flexibility index (Phi) is 2.83. The first-order valence-corrected chi connectivity index (χ1v) is 6.11. The van der Waals surface area contributed by atoms with E-state index in [1.165, 1.54) is 17.2 Å². The van der Waals surface area contributed by atoms with Crippen LogP contribution in [0.4, 0.5) is 5.82 Å². The van der Waals surface area contributed by atoms with E-state index in [4.69, 9.17) is 11.6 Å². The van der Waals surface area contributed by atoms with Crippen molar-refractivity contribution < 1.29 is 9.90 Å². The van der Waals surface area contributed by atoms with Crippen molar-refractivity contribution in [3.05, 3.63) is 52.2 Å². The van der Waals surface area contributed by atoms with Crippen LogP contribution in [0.25, 0.3) is 0 Å². The molecular weight excluding hydrogens is 266 g/mol. The van der Waals surface area contributed by atoms with Crippen molar-refractivity contribution in [3.63, 3.8) is 0 Å². The van der Waals surface area contributed by atoms with Crippen LogP contribution in [0, 0.1) is 0 Å². The van der Waals surface area contributed by atoms with Gasteiger partial charge in [0.25, 0.3) is 0 Å². The summed E-state index contributed by atoms with van der Waals surface area (Å²) in [7, 11) is 0. The molecule has 0 atom stereocenters. The Labute approximate surface area is 114 Å². The lowest BCUT2D eigenvalue weighted by Gasteiger charge is -2.17. The zero-order valence-corrected chi connectivity index (χ0v) is 10.6. The second-order valence-electron chi connectivity index (χ2n) is 4.33. The standard InChI is InChI=1S/C13H10ClN3O2/c14-11-5-10(13(18)19)12(16-15-11)17-6-8-3-1-2-4-9(8)7-17/h1-5H,6-7H2,(H,18,19). The van der Waals surface area contributed by atoms with Crippen molar-refractivity contribution in [3.8, 4) is 0 Å². The molecular formula is C13H10ClN3O2. The molecule has 1 aliphatic rings. The molecule has 0 bridgehead atoms. The lowest BCUT2D eigenvalue weighted by molar-refractivity contribution is 0.0697. The van der Waals surface area contributed by atoms with Gasteiger partial charge in [0.2, 0.25) is 0 Å². The number of halogens is 1. The second-order valence-corrected chi connectivity index (χ2v) is 4.72. The minimum Gasteiger partial charge on any atom is -0.478 e. The van der Waals surface area contributed by atoms with E-state index in [-0.39, 0.29) is 10.7 Å². The number of carboxylic acids is 1. The molecule has 0 saturated carbocycles. The summed E-state index contributed by atoms with van der Waals surface area (Å²) >= 11 is 5.70. The van der Waals surface area contributed by atoms with Gasteiger partial charge >= 0.3 is 5.97 Å². The summed E-state index contributed by atoms with van der Waals surface area (Å²) in [6.07, 6.45) is 0. The zero-order valence-electron chi connectivity index (χ0n) is 9.88. The highest BCUT2D eigenvalue weighted by Gasteiger charge is 2.24. The summed E-state index contributed by atoms with van der Waals surface area (Å²) in [5.74, 6) is -0.698. The first-order chi connectivity index (χ1) is 9.15. The van der Waals surface area contributed by atoms with Crippen molar-refractivity contribution in [2.75, 3.05) is 4.90 Å². The number of nitrogens with zero attached hydrogens (tertiary/aromatic N) is 3. The third-order valence-electron chi connectivity index (χ3n) is 3.12. The molecule has 1 N–H and O–H groups in total. The molecule has 0 unspecified atom stereocenters. The molecule has 1 aliphatic heterocycles. The van der Waals surface area contributed by atoms with Gasteiger partial charge in [0.15, 0.2) is 11.0 Å². The predicted octanol–water partition coefficient (Wildman–Crippen LogP) is 2.35. The number of benzene rings is 1. The summed E-state index contributed by atoms with van der Waals surface area (Å²) in [6, 6.07) is 9.31. The first kappa shape index (κ1) is 11.9. The molecule has 19 heavy (non-hydrogen) atoms. The van der Waals surface area contributed by atoms with E-state index in [9.17, 15) is 9.90 Å². The van der Waals surface area contributed by atoms with Crippen molar-refractivity contribution >= 4 is 23.4 Å². The number of hydrogen-bond donors (Lipinski definition) is 1. The number of hydrogen-bond acceptors (Lipinski definition) is 4. The smallest absolute Gasteiger partial charge is 0.339 e. The molecule has 1 aromatic heterocycles. The van der Waals surface area contributed by atoms with Crippen molar-refractivity contribution in [2.24, 2.45) is 0 Å². The normalized spacial score (nSPS) is 13.4. The maximum atomic E-state index is 11.3. The Morgan fingerprint density at radius 2 is 1.84 bits per heavy atom. The minimum atomic E-state index is -1.05. The Bertz CT molecular complexity index is 635. The van der Waals surface area contributed by atoms with Crippen LogP contribution in [0.1, 0.15) is 21.5 Å². The molecule has 0 spiro atoms. The van der Waals surface area contributed by atoms with Gasteiger partial charge < -0.3 is 10.0 Å². The summed E-state index contributed by atoms with van der Waals surface area (Å²) < 4.78 is 0. The van der Waals surface area contributed by atoms with E-state index < -0.39 is 5.97 Å². The summed E-state index contributed by atoms with van der Waals surface area (Å²) in [6.45, 7) is 1.26. The van der Waals surface area contributed by atoms with E-state index in [2.05, 4.69) is 10.2 Å². The molecule has 96 valence electrons. The Balaban J connectivity index is 1.99. The maximum absolute atomic E-state index is 11.3. The van der Waals surface area contributed by atoms with Crippen LogP contribution < -0.4 is 4.90 Å². The van der Waals surface area contributed by atoms with Gasteiger partial charge in [0.05, 0.1) is 0 Å². The van der Waals surface area contributed by atoms with E-state index in [0.29, 0.717) is 18.9 Å². The SMILES string of the molecule is O=C(O)c1cc(Cl)nnc1N1Cc2ccccc2C1. The molecule has 3 rings (SSSR count).